The third-order valence-electron chi connectivity index (χ3n) is 3.63. The Labute approximate surface area is 137 Å². The molecule has 0 saturated heterocycles. The van der Waals surface area contributed by atoms with E-state index in [1.807, 2.05) is 18.2 Å². The van der Waals surface area contributed by atoms with Gasteiger partial charge in [0.1, 0.15) is 18.1 Å². The van der Waals surface area contributed by atoms with E-state index >= 15 is 0 Å². The molecule has 0 bridgehead atoms. The lowest BCUT2D eigenvalue weighted by atomic mass is 10.0. The van der Waals surface area contributed by atoms with Crippen molar-refractivity contribution in [3.8, 4) is 22.6 Å². The first kappa shape index (κ1) is 16.2. The maximum absolute atomic E-state index is 12.4. The van der Waals surface area contributed by atoms with E-state index in [1.165, 1.54) is 18.2 Å². The minimum Gasteiger partial charge on any atom is -0.489 e. The van der Waals surface area contributed by atoms with Gasteiger partial charge in [-0.1, -0.05) is 30.3 Å². The number of para-hydroxylation sites is 1. The summed E-state index contributed by atoms with van der Waals surface area (Å²) < 4.78 is 47.0. The summed E-state index contributed by atoms with van der Waals surface area (Å²) >= 11 is 0. The van der Waals surface area contributed by atoms with E-state index in [4.69, 9.17) is 4.74 Å². The summed E-state index contributed by atoms with van der Waals surface area (Å²) in [5, 5.41) is 3.35. The monoisotopic (exact) mass is 335 g/mol. The van der Waals surface area contributed by atoms with Gasteiger partial charge >= 0.3 is 6.36 Å². The van der Waals surface area contributed by atoms with E-state index in [1.54, 1.807) is 12.1 Å². The molecule has 126 valence electrons. The number of ether oxygens (including phenoxy) is 2. The number of hydrogen-bond donors (Lipinski definition) is 1. The Balaban J connectivity index is 1.92. The Kier molecular flexibility index (Phi) is 4.38. The predicted molar refractivity (Wildman–Crippen MR) is 86.3 cm³/mol. The number of nitrogens with one attached hydrogen (secondary N) is 1. The molecule has 1 atom stereocenters. The van der Waals surface area contributed by atoms with Crippen molar-refractivity contribution in [2.24, 2.45) is 0 Å². The van der Waals surface area contributed by atoms with Crippen molar-refractivity contribution in [1.82, 2.24) is 0 Å². The molecule has 0 saturated carbocycles. The second-order valence-electron chi connectivity index (χ2n) is 5.43. The standard InChI is InChI=1S/C18H16F3NO2/c1-2-5-13-11-23-17-15(8-4-9-16(17)22-13)12-6-3-7-14(10-12)24-18(19,20)21/h2-4,6-10,13,22H,1,5,11H2. The fourth-order valence-electron chi connectivity index (χ4n) is 2.67. The summed E-state index contributed by atoms with van der Waals surface area (Å²) in [6, 6.07) is 11.5. The van der Waals surface area contributed by atoms with Gasteiger partial charge < -0.3 is 14.8 Å². The van der Waals surface area contributed by atoms with Crippen LogP contribution in [0.4, 0.5) is 18.9 Å². The lowest BCUT2D eigenvalue weighted by molar-refractivity contribution is -0.274. The van der Waals surface area contributed by atoms with Gasteiger partial charge in [0, 0.05) is 5.56 Å². The van der Waals surface area contributed by atoms with E-state index < -0.39 is 6.36 Å². The van der Waals surface area contributed by atoms with Gasteiger partial charge in [-0.2, -0.15) is 0 Å². The molecular weight excluding hydrogens is 319 g/mol. The van der Waals surface area contributed by atoms with Gasteiger partial charge in [0.15, 0.2) is 0 Å². The van der Waals surface area contributed by atoms with Crippen molar-refractivity contribution in [1.29, 1.82) is 0 Å². The summed E-state index contributed by atoms with van der Waals surface area (Å²) in [5.41, 5.74) is 2.12. The molecule has 24 heavy (non-hydrogen) atoms. The molecule has 0 amide bonds. The van der Waals surface area contributed by atoms with E-state index in [2.05, 4.69) is 16.6 Å². The van der Waals surface area contributed by atoms with Crippen LogP contribution in [-0.2, 0) is 0 Å². The summed E-state index contributed by atoms with van der Waals surface area (Å²) in [7, 11) is 0. The molecule has 6 heteroatoms. The topological polar surface area (TPSA) is 30.5 Å². The van der Waals surface area contributed by atoms with Gasteiger partial charge in [-0.25, -0.2) is 0 Å². The third-order valence-corrected chi connectivity index (χ3v) is 3.63. The Morgan fingerprint density at radius 2 is 2.04 bits per heavy atom. The minimum absolute atomic E-state index is 0.130. The predicted octanol–water partition coefficient (Wildman–Crippen LogP) is 5.00. The van der Waals surface area contributed by atoms with Gasteiger partial charge in [-0.05, 0) is 30.2 Å². The quantitative estimate of drug-likeness (QED) is 0.798. The highest BCUT2D eigenvalue weighted by molar-refractivity contribution is 5.79. The zero-order valence-electron chi connectivity index (χ0n) is 12.8. The van der Waals surface area contributed by atoms with Crippen molar-refractivity contribution >= 4 is 5.69 Å². The van der Waals surface area contributed by atoms with Crippen LogP contribution in [0.5, 0.6) is 11.5 Å². The number of anilines is 1. The number of halogens is 3. The first-order chi connectivity index (χ1) is 11.5. The van der Waals surface area contributed by atoms with Gasteiger partial charge in [0.05, 0.1) is 11.7 Å². The highest BCUT2D eigenvalue weighted by atomic mass is 19.4. The fourth-order valence-corrected chi connectivity index (χ4v) is 2.67. The van der Waals surface area contributed by atoms with Gasteiger partial charge in [0.25, 0.3) is 0 Å². The van der Waals surface area contributed by atoms with Crippen molar-refractivity contribution in [3.05, 3.63) is 55.1 Å². The highest BCUT2D eigenvalue weighted by Crippen LogP contribution is 2.40. The Bertz CT molecular complexity index is 743. The van der Waals surface area contributed by atoms with Crippen molar-refractivity contribution in [3.63, 3.8) is 0 Å². The average Bonchev–Trinajstić information content (AvgIpc) is 2.53. The molecule has 0 fully saturated rings. The molecule has 1 aliphatic heterocycles. The second-order valence-corrected chi connectivity index (χ2v) is 5.43. The lowest BCUT2D eigenvalue weighted by Gasteiger charge is -2.28. The van der Waals surface area contributed by atoms with Crippen molar-refractivity contribution < 1.29 is 22.6 Å². The molecule has 2 aromatic carbocycles. The maximum atomic E-state index is 12.4. The third kappa shape index (κ3) is 3.64. The van der Waals surface area contributed by atoms with Gasteiger partial charge in [-0.3, -0.25) is 0 Å². The normalized spacial score (nSPS) is 16.5. The van der Waals surface area contributed by atoms with Crippen LogP contribution in [0.3, 0.4) is 0 Å². The van der Waals surface area contributed by atoms with Crippen LogP contribution in [0.15, 0.2) is 55.1 Å². The number of fused-ring (bicyclic) bond motifs is 1. The first-order valence-corrected chi connectivity index (χ1v) is 7.46. The SMILES string of the molecule is C=CCC1COc2c(cccc2-c2cccc(OC(F)(F)F)c2)N1. The van der Waals surface area contributed by atoms with Crippen LogP contribution >= 0.6 is 0 Å². The molecule has 1 N–H and O–H groups in total. The molecule has 3 rings (SSSR count). The molecule has 0 aromatic heterocycles. The molecule has 1 aliphatic rings. The smallest absolute Gasteiger partial charge is 0.489 e. The average molecular weight is 335 g/mol. The molecule has 1 heterocycles. The van der Waals surface area contributed by atoms with Crippen LogP contribution in [0.2, 0.25) is 0 Å². The Morgan fingerprint density at radius 1 is 1.25 bits per heavy atom. The molecule has 0 spiro atoms. The lowest BCUT2D eigenvalue weighted by Crippen LogP contribution is -2.31. The molecule has 1 unspecified atom stereocenters. The second kappa shape index (κ2) is 6.47. The number of rotatable bonds is 4. The minimum atomic E-state index is -4.72. The van der Waals surface area contributed by atoms with Gasteiger partial charge in [-0.15, -0.1) is 19.8 Å². The fraction of sp³-hybridized carbons (Fsp3) is 0.222. The van der Waals surface area contributed by atoms with Crippen LogP contribution in [-0.4, -0.2) is 19.0 Å². The molecule has 0 radical (unpaired) electrons. The van der Waals surface area contributed by atoms with Crippen LogP contribution in [0, 0.1) is 0 Å². The molecule has 2 aromatic rings. The Morgan fingerprint density at radius 3 is 2.79 bits per heavy atom. The van der Waals surface area contributed by atoms with Gasteiger partial charge in [0.2, 0.25) is 0 Å². The first-order valence-electron chi connectivity index (χ1n) is 7.46. The van der Waals surface area contributed by atoms with E-state index in [0.717, 1.165) is 12.1 Å². The zero-order chi connectivity index (χ0) is 17.2. The van der Waals surface area contributed by atoms with Crippen LogP contribution in [0.1, 0.15) is 6.42 Å². The number of alkyl halides is 3. The Hall–Kier alpha value is -2.63. The van der Waals surface area contributed by atoms with E-state index in [9.17, 15) is 13.2 Å². The molecule has 0 aliphatic carbocycles. The van der Waals surface area contributed by atoms with Crippen molar-refractivity contribution in [2.75, 3.05) is 11.9 Å². The molecule has 3 nitrogen and oxygen atoms in total. The highest BCUT2D eigenvalue weighted by Gasteiger charge is 2.31. The summed E-state index contributed by atoms with van der Waals surface area (Å²) in [5.74, 6) is 0.368. The number of benzene rings is 2. The summed E-state index contributed by atoms with van der Waals surface area (Å²) in [6.07, 6.45) is -2.14. The van der Waals surface area contributed by atoms with Crippen molar-refractivity contribution in [2.45, 2.75) is 18.8 Å². The van der Waals surface area contributed by atoms with Crippen LogP contribution < -0.4 is 14.8 Å². The summed E-state index contributed by atoms with van der Waals surface area (Å²) in [6.45, 7) is 4.18. The number of hydrogen-bond acceptors (Lipinski definition) is 3. The zero-order valence-corrected chi connectivity index (χ0v) is 12.8. The summed E-state index contributed by atoms with van der Waals surface area (Å²) in [4.78, 5) is 0. The van der Waals surface area contributed by atoms with Crippen LogP contribution in [0.25, 0.3) is 11.1 Å². The maximum Gasteiger partial charge on any atom is 0.573 e. The van der Waals surface area contributed by atoms with E-state index in [-0.39, 0.29) is 11.8 Å². The largest absolute Gasteiger partial charge is 0.573 e. The van der Waals surface area contributed by atoms with E-state index in [0.29, 0.717) is 23.5 Å². The molecular formula is C18H16F3NO2.